The molecule has 0 spiro atoms. The van der Waals surface area contributed by atoms with Gasteiger partial charge in [-0.2, -0.15) is 5.26 Å². The molecule has 0 aliphatic heterocycles. The molecule has 2 heteroatoms. The molecule has 0 bridgehead atoms. The molecule has 2 aromatic carbocycles. The molecule has 1 N–H and O–H groups in total. The highest BCUT2D eigenvalue weighted by Crippen LogP contribution is 2.21. The first kappa shape index (κ1) is 15.3. The van der Waals surface area contributed by atoms with Gasteiger partial charge in [0, 0.05) is 6.04 Å². The Bertz CT molecular complexity index is 594. The van der Waals surface area contributed by atoms with E-state index in [2.05, 4.69) is 56.4 Å². The number of nitrogens with zero attached hydrogens (tertiary/aromatic N) is 1. The van der Waals surface area contributed by atoms with Crippen LogP contribution >= 0.6 is 0 Å². The molecule has 2 aromatic rings. The minimum atomic E-state index is -0.290. The van der Waals surface area contributed by atoms with Crippen molar-refractivity contribution in [1.82, 2.24) is 5.32 Å². The first-order valence-electron chi connectivity index (χ1n) is 7.42. The van der Waals surface area contributed by atoms with Gasteiger partial charge in [-0.15, -0.1) is 0 Å². The van der Waals surface area contributed by atoms with Crippen LogP contribution in [-0.4, -0.2) is 0 Å². The van der Waals surface area contributed by atoms with E-state index in [1.165, 1.54) is 11.1 Å². The van der Waals surface area contributed by atoms with E-state index in [4.69, 9.17) is 0 Å². The summed E-state index contributed by atoms with van der Waals surface area (Å²) in [7, 11) is 0. The van der Waals surface area contributed by atoms with E-state index >= 15 is 0 Å². The van der Waals surface area contributed by atoms with Gasteiger partial charge in [0.05, 0.1) is 6.07 Å². The van der Waals surface area contributed by atoms with Crippen molar-refractivity contribution in [2.45, 2.75) is 38.8 Å². The average molecular weight is 278 g/mol. The van der Waals surface area contributed by atoms with Crippen LogP contribution in [0.5, 0.6) is 0 Å². The van der Waals surface area contributed by atoms with Crippen LogP contribution in [0, 0.1) is 11.3 Å². The molecule has 0 heterocycles. The van der Waals surface area contributed by atoms with Crippen molar-refractivity contribution in [1.29, 1.82) is 5.26 Å². The molecular formula is C19H22N2. The third-order valence-corrected chi connectivity index (χ3v) is 3.78. The highest BCUT2D eigenvalue weighted by atomic mass is 14.9. The predicted octanol–water partition coefficient (Wildman–Crippen LogP) is 4.73. The lowest BCUT2D eigenvalue weighted by molar-refractivity contribution is 0.533. The van der Waals surface area contributed by atoms with Crippen LogP contribution in [-0.2, 0) is 0 Å². The summed E-state index contributed by atoms with van der Waals surface area (Å²) in [5, 5.41) is 12.8. The smallest absolute Gasteiger partial charge is 0.121 e. The van der Waals surface area contributed by atoms with Crippen LogP contribution < -0.4 is 5.32 Å². The molecule has 21 heavy (non-hydrogen) atoms. The van der Waals surface area contributed by atoms with Gasteiger partial charge in [-0.1, -0.05) is 68.4 Å². The van der Waals surface area contributed by atoms with Gasteiger partial charge in [-0.3, -0.25) is 5.32 Å². The van der Waals surface area contributed by atoms with Crippen LogP contribution in [0.25, 0.3) is 0 Å². The third-order valence-electron chi connectivity index (χ3n) is 3.78. The van der Waals surface area contributed by atoms with Crippen LogP contribution in [0.4, 0.5) is 0 Å². The van der Waals surface area contributed by atoms with E-state index in [0.29, 0.717) is 5.92 Å². The van der Waals surface area contributed by atoms with Crippen LogP contribution in [0.3, 0.4) is 0 Å². The normalized spacial score (nSPS) is 13.7. The Morgan fingerprint density at radius 3 is 1.90 bits per heavy atom. The lowest BCUT2D eigenvalue weighted by Gasteiger charge is -2.19. The second kappa shape index (κ2) is 7.06. The van der Waals surface area contributed by atoms with Crippen LogP contribution in [0.2, 0.25) is 0 Å². The molecule has 108 valence electrons. The van der Waals surface area contributed by atoms with Gasteiger partial charge in [0.2, 0.25) is 0 Å². The van der Waals surface area contributed by atoms with Crippen LogP contribution in [0.1, 0.15) is 55.5 Å². The predicted molar refractivity (Wildman–Crippen MR) is 86.9 cm³/mol. The number of hydrogen-bond donors (Lipinski definition) is 1. The molecule has 0 fully saturated rings. The molecule has 0 aliphatic rings. The lowest BCUT2D eigenvalue weighted by Crippen LogP contribution is -2.23. The maximum atomic E-state index is 9.44. The Labute approximate surface area is 127 Å². The Hall–Kier alpha value is -2.11. The van der Waals surface area contributed by atoms with Crippen LogP contribution in [0.15, 0.2) is 54.6 Å². The first-order valence-corrected chi connectivity index (χ1v) is 7.42. The van der Waals surface area contributed by atoms with Gasteiger partial charge in [-0.25, -0.2) is 0 Å². The molecule has 0 aromatic heterocycles. The molecule has 2 rings (SSSR count). The summed E-state index contributed by atoms with van der Waals surface area (Å²) in [5.41, 5.74) is 3.51. The summed E-state index contributed by atoms with van der Waals surface area (Å²) >= 11 is 0. The fourth-order valence-electron chi connectivity index (χ4n) is 2.37. The molecule has 0 saturated carbocycles. The van der Waals surface area contributed by atoms with E-state index in [0.717, 1.165) is 5.56 Å². The third kappa shape index (κ3) is 3.93. The minimum absolute atomic E-state index is 0.139. The average Bonchev–Trinajstić information content (AvgIpc) is 2.53. The number of nitriles is 1. The van der Waals surface area contributed by atoms with Crippen molar-refractivity contribution >= 4 is 0 Å². The van der Waals surface area contributed by atoms with Gasteiger partial charge in [0.15, 0.2) is 0 Å². The summed E-state index contributed by atoms with van der Waals surface area (Å²) < 4.78 is 0. The number of hydrogen-bond acceptors (Lipinski definition) is 2. The van der Waals surface area contributed by atoms with E-state index in [-0.39, 0.29) is 12.1 Å². The van der Waals surface area contributed by atoms with Crippen molar-refractivity contribution in [3.63, 3.8) is 0 Å². The topological polar surface area (TPSA) is 35.8 Å². The van der Waals surface area contributed by atoms with Gasteiger partial charge >= 0.3 is 0 Å². The molecule has 0 saturated heterocycles. The molecule has 2 nitrogen and oxygen atoms in total. The van der Waals surface area contributed by atoms with Gasteiger partial charge < -0.3 is 0 Å². The van der Waals surface area contributed by atoms with E-state index in [1.54, 1.807) is 0 Å². The minimum Gasteiger partial charge on any atom is -0.292 e. The summed E-state index contributed by atoms with van der Waals surface area (Å²) in [6.45, 7) is 6.43. The summed E-state index contributed by atoms with van der Waals surface area (Å²) in [4.78, 5) is 0. The van der Waals surface area contributed by atoms with E-state index in [1.807, 2.05) is 30.3 Å². The Balaban J connectivity index is 2.11. The summed E-state index contributed by atoms with van der Waals surface area (Å²) in [6, 6.07) is 20.7. The highest BCUT2D eigenvalue weighted by molar-refractivity contribution is 5.30. The molecule has 2 unspecified atom stereocenters. The molecular weight excluding hydrogens is 256 g/mol. The zero-order valence-electron chi connectivity index (χ0n) is 12.9. The standard InChI is InChI=1S/C19H22N2/c1-14(2)16-9-11-18(12-10-16)19(13-20)21-15(3)17-7-5-4-6-8-17/h4-12,14-15,19,21H,1-3H3. The lowest BCUT2D eigenvalue weighted by atomic mass is 9.98. The summed E-state index contributed by atoms with van der Waals surface area (Å²) in [6.07, 6.45) is 0. The van der Waals surface area contributed by atoms with Gasteiger partial charge in [0.25, 0.3) is 0 Å². The highest BCUT2D eigenvalue weighted by Gasteiger charge is 2.14. The zero-order chi connectivity index (χ0) is 15.2. The zero-order valence-corrected chi connectivity index (χ0v) is 12.9. The van der Waals surface area contributed by atoms with Crippen molar-refractivity contribution in [2.75, 3.05) is 0 Å². The first-order chi connectivity index (χ1) is 10.1. The number of benzene rings is 2. The van der Waals surface area contributed by atoms with E-state index < -0.39 is 0 Å². The Morgan fingerprint density at radius 2 is 1.38 bits per heavy atom. The fourth-order valence-corrected chi connectivity index (χ4v) is 2.37. The van der Waals surface area contributed by atoms with Crippen molar-refractivity contribution in [2.24, 2.45) is 0 Å². The van der Waals surface area contributed by atoms with Gasteiger partial charge in [0.1, 0.15) is 6.04 Å². The van der Waals surface area contributed by atoms with E-state index in [9.17, 15) is 5.26 Å². The molecule has 2 atom stereocenters. The monoisotopic (exact) mass is 278 g/mol. The largest absolute Gasteiger partial charge is 0.292 e. The molecule has 0 amide bonds. The molecule has 0 aliphatic carbocycles. The maximum Gasteiger partial charge on any atom is 0.121 e. The van der Waals surface area contributed by atoms with Crippen molar-refractivity contribution in [3.05, 3.63) is 71.3 Å². The fraction of sp³-hybridized carbons (Fsp3) is 0.316. The second-order valence-electron chi connectivity index (χ2n) is 5.68. The Kier molecular flexibility index (Phi) is 5.14. The summed E-state index contributed by atoms with van der Waals surface area (Å²) in [5.74, 6) is 0.510. The quantitative estimate of drug-likeness (QED) is 0.858. The van der Waals surface area contributed by atoms with Gasteiger partial charge in [-0.05, 0) is 29.5 Å². The SMILES string of the molecule is CC(C)c1ccc(C(C#N)NC(C)c2ccccc2)cc1. The second-order valence-corrected chi connectivity index (χ2v) is 5.68. The Morgan fingerprint density at radius 1 is 0.810 bits per heavy atom. The number of nitrogens with one attached hydrogen (secondary N) is 1. The van der Waals surface area contributed by atoms with Crippen molar-refractivity contribution in [3.8, 4) is 6.07 Å². The number of rotatable bonds is 5. The van der Waals surface area contributed by atoms with Crippen molar-refractivity contribution < 1.29 is 0 Å². The maximum absolute atomic E-state index is 9.44. The molecule has 0 radical (unpaired) electrons.